The van der Waals surface area contributed by atoms with Crippen LogP contribution in [0.5, 0.6) is 0 Å². The van der Waals surface area contributed by atoms with E-state index in [1.165, 1.54) is 0 Å². The van der Waals surface area contributed by atoms with Crippen LogP contribution in [0.15, 0.2) is 0 Å². The maximum atomic E-state index is 10.6. The first kappa shape index (κ1) is 8.65. The van der Waals surface area contributed by atoms with Crippen LogP contribution >= 0.6 is 11.6 Å². The van der Waals surface area contributed by atoms with Crippen molar-refractivity contribution in [2.45, 2.75) is 31.2 Å². The Bertz CT molecular complexity index is 151. The molecule has 11 heavy (non-hydrogen) atoms. The average molecular weight is 178 g/mol. The number of rotatable bonds is 3. The van der Waals surface area contributed by atoms with E-state index in [1.807, 2.05) is 0 Å². The zero-order chi connectivity index (χ0) is 8.27. The van der Waals surface area contributed by atoms with Crippen molar-refractivity contribution in [2.24, 2.45) is 0 Å². The third-order valence-corrected chi connectivity index (χ3v) is 2.22. The molecule has 0 aliphatic carbocycles. The molecule has 1 aliphatic rings. The summed E-state index contributed by atoms with van der Waals surface area (Å²) in [6.45, 7) is 2.47. The number of alkyl halides is 1. The van der Waals surface area contributed by atoms with Crippen LogP contribution in [0.2, 0.25) is 0 Å². The molecule has 0 unspecified atom stereocenters. The van der Waals surface area contributed by atoms with E-state index in [2.05, 4.69) is 12.2 Å². The zero-order valence-electron chi connectivity index (χ0n) is 6.47. The molecule has 1 aliphatic heterocycles. The van der Waals surface area contributed by atoms with Crippen molar-refractivity contribution < 1.29 is 9.53 Å². The average Bonchev–Trinajstić information content (AvgIpc) is 2.36. The molecule has 4 heteroatoms. The van der Waals surface area contributed by atoms with Crippen molar-refractivity contribution in [1.29, 1.82) is 0 Å². The Morgan fingerprint density at radius 2 is 2.64 bits per heavy atom. The van der Waals surface area contributed by atoms with Gasteiger partial charge < -0.3 is 10.1 Å². The van der Waals surface area contributed by atoms with Gasteiger partial charge in [-0.05, 0) is 6.42 Å². The first-order valence-electron chi connectivity index (χ1n) is 3.81. The molecule has 0 bridgehead atoms. The highest BCUT2D eigenvalue weighted by atomic mass is 35.5. The smallest absolute Gasteiger partial charge is 0.407 e. The van der Waals surface area contributed by atoms with Crippen LogP contribution < -0.4 is 5.32 Å². The summed E-state index contributed by atoms with van der Waals surface area (Å²) in [5.74, 6) is 0. The van der Waals surface area contributed by atoms with E-state index in [9.17, 15) is 4.79 Å². The van der Waals surface area contributed by atoms with Gasteiger partial charge in [0.2, 0.25) is 0 Å². The number of nitrogens with one attached hydrogen (secondary N) is 1. The van der Waals surface area contributed by atoms with Gasteiger partial charge in [0, 0.05) is 0 Å². The number of ether oxygens (including phenoxy) is 1. The van der Waals surface area contributed by atoms with Gasteiger partial charge in [-0.2, -0.15) is 0 Å². The van der Waals surface area contributed by atoms with Gasteiger partial charge in [-0.15, -0.1) is 11.6 Å². The fourth-order valence-electron chi connectivity index (χ4n) is 1.07. The Kier molecular flexibility index (Phi) is 3.00. The van der Waals surface area contributed by atoms with Gasteiger partial charge in [0.1, 0.15) is 6.61 Å². The van der Waals surface area contributed by atoms with E-state index in [0.29, 0.717) is 6.61 Å². The molecule has 1 amide bonds. The van der Waals surface area contributed by atoms with Gasteiger partial charge in [-0.1, -0.05) is 13.3 Å². The summed E-state index contributed by atoms with van der Waals surface area (Å²) in [6.07, 6.45) is 1.59. The van der Waals surface area contributed by atoms with Crippen molar-refractivity contribution in [3.8, 4) is 0 Å². The maximum Gasteiger partial charge on any atom is 0.407 e. The van der Waals surface area contributed by atoms with Crippen molar-refractivity contribution in [3.63, 3.8) is 0 Å². The summed E-state index contributed by atoms with van der Waals surface area (Å²) < 4.78 is 4.70. The summed E-state index contributed by atoms with van der Waals surface area (Å²) in [4.78, 5) is 10.6. The van der Waals surface area contributed by atoms with E-state index in [0.717, 1.165) is 12.8 Å². The van der Waals surface area contributed by atoms with Crippen LogP contribution in [0.3, 0.4) is 0 Å². The molecule has 1 saturated heterocycles. The van der Waals surface area contributed by atoms with E-state index < -0.39 is 0 Å². The third kappa shape index (κ3) is 2.26. The van der Waals surface area contributed by atoms with Gasteiger partial charge in [0.15, 0.2) is 0 Å². The Hall–Kier alpha value is -0.440. The minimum absolute atomic E-state index is 0.00381. The highest BCUT2D eigenvalue weighted by Crippen LogP contribution is 2.13. The largest absolute Gasteiger partial charge is 0.447 e. The fourth-order valence-corrected chi connectivity index (χ4v) is 1.43. The first-order chi connectivity index (χ1) is 5.24. The van der Waals surface area contributed by atoms with E-state index >= 15 is 0 Å². The molecule has 0 radical (unpaired) electrons. The predicted octanol–water partition coefficient (Wildman–Crippen LogP) is 1.50. The Labute approximate surface area is 71.1 Å². The normalized spacial score (nSPS) is 26.0. The minimum Gasteiger partial charge on any atom is -0.447 e. The van der Waals surface area contributed by atoms with Gasteiger partial charge in [-0.25, -0.2) is 4.79 Å². The topological polar surface area (TPSA) is 38.3 Å². The zero-order valence-corrected chi connectivity index (χ0v) is 7.23. The van der Waals surface area contributed by atoms with Crippen molar-refractivity contribution in [2.75, 3.05) is 6.61 Å². The summed E-state index contributed by atoms with van der Waals surface area (Å²) in [5.41, 5.74) is 0. The number of carbonyl (C=O) groups excluding carboxylic acids is 1. The van der Waals surface area contributed by atoms with Gasteiger partial charge >= 0.3 is 6.09 Å². The molecule has 0 aromatic carbocycles. The number of hydrogen-bond donors (Lipinski definition) is 1. The Morgan fingerprint density at radius 3 is 3.09 bits per heavy atom. The second-order valence-electron chi connectivity index (χ2n) is 2.65. The molecule has 0 aromatic rings. The van der Waals surface area contributed by atoms with Crippen LogP contribution in [0.4, 0.5) is 4.79 Å². The molecule has 3 nitrogen and oxygen atoms in total. The van der Waals surface area contributed by atoms with Gasteiger partial charge in [-0.3, -0.25) is 0 Å². The summed E-state index contributed by atoms with van der Waals surface area (Å²) >= 11 is 5.96. The lowest BCUT2D eigenvalue weighted by molar-refractivity contribution is 0.176. The second-order valence-corrected chi connectivity index (χ2v) is 3.21. The van der Waals surface area contributed by atoms with E-state index in [4.69, 9.17) is 16.3 Å². The number of alkyl carbamates (subject to hydrolysis) is 1. The number of amides is 1. The molecule has 1 N–H and O–H groups in total. The number of cyclic esters (lactones) is 1. The molecule has 2 atom stereocenters. The summed E-state index contributed by atoms with van der Waals surface area (Å²) in [7, 11) is 0. The minimum atomic E-state index is -0.350. The number of halogens is 1. The molecule has 1 fully saturated rings. The summed E-state index contributed by atoms with van der Waals surface area (Å²) in [6, 6.07) is 0.00381. The van der Waals surface area contributed by atoms with Gasteiger partial charge in [0.05, 0.1) is 11.4 Å². The standard InChI is InChI=1S/C7H12ClNO2/c1-2-3-5(8)6-4-11-7(10)9-6/h5-6H,2-4H2,1H3,(H,9,10)/t5-,6-/m1/s1. The molecular formula is C7H12ClNO2. The first-order valence-corrected chi connectivity index (χ1v) is 4.25. The lowest BCUT2D eigenvalue weighted by Crippen LogP contribution is -2.34. The SMILES string of the molecule is CCC[C@@H](Cl)[C@H]1COC(=O)N1. The predicted molar refractivity (Wildman–Crippen MR) is 42.8 cm³/mol. The highest BCUT2D eigenvalue weighted by molar-refractivity contribution is 6.21. The lowest BCUT2D eigenvalue weighted by atomic mass is 10.1. The monoisotopic (exact) mass is 177 g/mol. The van der Waals surface area contributed by atoms with E-state index in [-0.39, 0.29) is 17.5 Å². The van der Waals surface area contributed by atoms with Crippen molar-refractivity contribution in [3.05, 3.63) is 0 Å². The van der Waals surface area contributed by atoms with Crippen LogP contribution in [0.25, 0.3) is 0 Å². The van der Waals surface area contributed by atoms with Crippen LogP contribution in [-0.4, -0.2) is 24.1 Å². The van der Waals surface area contributed by atoms with Crippen molar-refractivity contribution >= 4 is 17.7 Å². The number of hydrogen-bond acceptors (Lipinski definition) is 2. The molecule has 1 rings (SSSR count). The highest BCUT2D eigenvalue weighted by Gasteiger charge is 2.27. The second kappa shape index (κ2) is 3.81. The quantitative estimate of drug-likeness (QED) is 0.664. The Balaban J connectivity index is 2.30. The van der Waals surface area contributed by atoms with Gasteiger partial charge in [0.25, 0.3) is 0 Å². The lowest BCUT2D eigenvalue weighted by Gasteiger charge is -2.12. The van der Waals surface area contributed by atoms with Crippen LogP contribution in [-0.2, 0) is 4.74 Å². The maximum absolute atomic E-state index is 10.6. The van der Waals surface area contributed by atoms with Crippen molar-refractivity contribution in [1.82, 2.24) is 5.32 Å². The molecule has 0 spiro atoms. The molecule has 0 aromatic heterocycles. The Morgan fingerprint density at radius 1 is 1.91 bits per heavy atom. The molecular weight excluding hydrogens is 166 g/mol. The fraction of sp³-hybridized carbons (Fsp3) is 0.857. The van der Waals surface area contributed by atoms with Crippen LogP contribution in [0.1, 0.15) is 19.8 Å². The molecule has 64 valence electrons. The van der Waals surface area contributed by atoms with Crippen LogP contribution in [0, 0.1) is 0 Å². The molecule has 0 saturated carbocycles. The summed E-state index contributed by atoms with van der Waals surface area (Å²) in [5, 5.41) is 2.65. The van der Waals surface area contributed by atoms with E-state index in [1.54, 1.807) is 0 Å². The molecule has 1 heterocycles. The third-order valence-electron chi connectivity index (χ3n) is 1.70. The number of carbonyl (C=O) groups is 1.